The number of Topliss-reactive ketones (excluding diaryl/α,β-unsaturated/α-hetero) is 1. The van der Waals surface area contributed by atoms with Crippen molar-refractivity contribution in [2.75, 3.05) is 24.2 Å². The maximum atomic E-state index is 12.2. The topological polar surface area (TPSA) is 49.4 Å². The Labute approximate surface area is 147 Å². The van der Waals surface area contributed by atoms with Crippen molar-refractivity contribution in [2.45, 2.75) is 32.6 Å². The number of anilines is 1. The third kappa shape index (κ3) is 5.62. The molecule has 1 aliphatic rings. The number of carbonyl (C=O) groups excluding carboxylic acids is 2. The third-order valence-corrected chi connectivity index (χ3v) is 5.18. The highest BCUT2D eigenvalue weighted by atomic mass is 32.2. The van der Waals surface area contributed by atoms with E-state index in [1.807, 2.05) is 6.92 Å². The number of likely N-dealkylation sites (tertiary alicyclic amines) is 1. The standard InChI is InChI=1S/C17H22N2O2S2/c1-2-5-16(21)18-14-8-6-13(7-9-14)15(20)12-23-17(22)19-10-3-4-11-19/h6-9H,2-5,10-12H2,1H3,(H,18,21). The van der Waals surface area contributed by atoms with Gasteiger partial charge in [0.25, 0.3) is 0 Å². The number of ketones is 1. The Hall–Kier alpha value is -1.40. The molecule has 0 aliphatic carbocycles. The summed E-state index contributed by atoms with van der Waals surface area (Å²) in [5.74, 6) is 0.415. The molecular formula is C17H22N2O2S2. The smallest absolute Gasteiger partial charge is 0.224 e. The fraction of sp³-hybridized carbons (Fsp3) is 0.471. The summed E-state index contributed by atoms with van der Waals surface area (Å²) in [6.45, 7) is 3.98. The van der Waals surface area contributed by atoms with E-state index in [1.54, 1.807) is 24.3 Å². The second-order valence-electron chi connectivity index (χ2n) is 5.55. The van der Waals surface area contributed by atoms with Crippen LogP contribution in [0.25, 0.3) is 0 Å². The molecule has 0 radical (unpaired) electrons. The first kappa shape index (κ1) is 17.9. The van der Waals surface area contributed by atoms with E-state index < -0.39 is 0 Å². The van der Waals surface area contributed by atoms with Gasteiger partial charge in [-0.2, -0.15) is 0 Å². The molecule has 2 rings (SSSR count). The fourth-order valence-electron chi connectivity index (χ4n) is 2.39. The lowest BCUT2D eigenvalue weighted by Gasteiger charge is -2.17. The molecule has 0 saturated carbocycles. The number of nitrogens with one attached hydrogen (secondary N) is 1. The zero-order valence-corrected chi connectivity index (χ0v) is 15.0. The zero-order valence-electron chi connectivity index (χ0n) is 13.3. The van der Waals surface area contributed by atoms with Gasteiger partial charge in [0.15, 0.2) is 5.78 Å². The Balaban J connectivity index is 1.82. The predicted octanol–water partition coefficient (Wildman–Crippen LogP) is 3.72. The molecule has 1 N–H and O–H groups in total. The van der Waals surface area contributed by atoms with Crippen molar-refractivity contribution < 1.29 is 9.59 Å². The van der Waals surface area contributed by atoms with Gasteiger partial charge in [-0.3, -0.25) is 9.59 Å². The summed E-state index contributed by atoms with van der Waals surface area (Å²) in [6.07, 6.45) is 3.68. The van der Waals surface area contributed by atoms with E-state index >= 15 is 0 Å². The van der Waals surface area contributed by atoms with Crippen LogP contribution in [0.5, 0.6) is 0 Å². The van der Waals surface area contributed by atoms with Crippen LogP contribution in [0.1, 0.15) is 43.0 Å². The van der Waals surface area contributed by atoms with Crippen LogP contribution in [0.15, 0.2) is 24.3 Å². The van der Waals surface area contributed by atoms with Crippen molar-refractivity contribution in [1.29, 1.82) is 0 Å². The average Bonchev–Trinajstić information content (AvgIpc) is 3.07. The largest absolute Gasteiger partial charge is 0.358 e. The lowest BCUT2D eigenvalue weighted by Crippen LogP contribution is -2.24. The minimum Gasteiger partial charge on any atom is -0.358 e. The van der Waals surface area contributed by atoms with Crippen LogP contribution in [0.3, 0.4) is 0 Å². The third-order valence-electron chi connectivity index (χ3n) is 3.66. The van der Waals surface area contributed by atoms with Crippen molar-refractivity contribution in [3.63, 3.8) is 0 Å². The first-order valence-corrected chi connectivity index (χ1v) is 9.34. The average molecular weight is 351 g/mol. The number of thiocarbonyl (C=S) groups is 1. The van der Waals surface area contributed by atoms with Crippen molar-refractivity contribution >= 4 is 45.7 Å². The summed E-state index contributed by atoms with van der Waals surface area (Å²) < 4.78 is 0.819. The van der Waals surface area contributed by atoms with Crippen LogP contribution >= 0.6 is 24.0 Å². The van der Waals surface area contributed by atoms with Gasteiger partial charge in [-0.1, -0.05) is 30.9 Å². The zero-order chi connectivity index (χ0) is 16.7. The number of benzene rings is 1. The van der Waals surface area contributed by atoms with Crippen molar-refractivity contribution in [1.82, 2.24) is 4.90 Å². The maximum absolute atomic E-state index is 12.2. The molecule has 1 aromatic carbocycles. The number of rotatable bonds is 6. The van der Waals surface area contributed by atoms with E-state index in [0.717, 1.165) is 29.5 Å². The molecule has 0 unspecified atom stereocenters. The van der Waals surface area contributed by atoms with E-state index in [1.165, 1.54) is 24.6 Å². The molecule has 1 saturated heterocycles. The van der Waals surface area contributed by atoms with Crippen molar-refractivity contribution in [3.8, 4) is 0 Å². The van der Waals surface area contributed by atoms with Crippen LogP contribution in [0.4, 0.5) is 5.69 Å². The summed E-state index contributed by atoms with van der Waals surface area (Å²) in [7, 11) is 0. The predicted molar refractivity (Wildman–Crippen MR) is 100 cm³/mol. The normalized spacial score (nSPS) is 13.9. The molecule has 1 aliphatic heterocycles. The van der Waals surface area contributed by atoms with Gasteiger partial charge in [-0.25, -0.2) is 0 Å². The van der Waals surface area contributed by atoms with Crippen LogP contribution in [0.2, 0.25) is 0 Å². The van der Waals surface area contributed by atoms with Gasteiger partial charge in [0.05, 0.1) is 5.75 Å². The Morgan fingerprint density at radius 1 is 1.22 bits per heavy atom. The van der Waals surface area contributed by atoms with E-state index in [0.29, 0.717) is 17.7 Å². The molecule has 4 nitrogen and oxygen atoms in total. The molecule has 1 heterocycles. The molecule has 1 amide bonds. The molecule has 1 fully saturated rings. The molecule has 0 atom stereocenters. The summed E-state index contributed by atoms with van der Waals surface area (Å²) >= 11 is 6.80. The van der Waals surface area contributed by atoms with Crippen LogP contribution in [-0.2, 0) is 4.79 Å². The summed E-state index contributed by atoms with van der Waals surface area (Å²) in [5.41, 5.74) is 1.37. The molecule has 0 aromatic heterocycles. The van der Waals surface area contributed by atoms with Gasteiger partial charge in [-0.05, 0) is 43.5 Å². The molecular weight excluding hydrogens is 328 g/mol. The summed E-state index contributed by atoms with van der Waals surface area (Å²) in [4.78, 5) is 25.9. The van der Waals surface area contributed by atoms with Gasteiger partial charge in [-0.15, -0.1) is 0 Å². The second-order valence-corrected chi connectivity index (χ2v) is 7.16. The van der Waals surface area contributed by atoms with Crippen molar-refractivity contribution in [3.05, 3.63) is 29.8 Å². The van der Waals surface area contributed by atoms with Crippen molar-refractivity contribution in [2.24, 2.45) is 0 Å². The first-order valence-electron chi connectivity index (χ1n) is 7.95. The summed E-state index contributed by atoms with van der Waals surface area (Å²) in [5, 5.41) is 2.81. The van der Waals surface area contributed by atoms with E-state index in [-0.39, 0.29) is 11.7 Å². The van der Waals surface area contributed by atoms with Gasteiger partial charge in [0.1, 0.15) is 4.32 Å². The van der Waals surface area contributed by atoms with E-state index in [4.69, 9.17) is 12.2 Å². The van der Waals surface area contributed by atoms with Gasteiger partial charge < -0.3 is 10.2 Å². The Morgan fingerprint density at radius 2 is 1.87 bits per heavy atom. The monoisotopic (exact) mass is 350 g/mol. The molecule has 6 heteroatoms. The highest BCUT2D eigenvalue weighted by molar-refractivity contribution is 8.23. The minimum absolute atomic E-state index is 0.00176. The van der Waals surface area contributed by atoms with Gasteiger partial charge >= 0.3 is 0 Å². The molecule has 23 heavy (non-hydrogen) atoms. The lowest BCUT2D eigenvalue weighted by molar-refractivity contribution is -0.116. The van der Waals surface area contributed by atoms with Gasteiger partial charge in [0, 0.05) is 30.8 Å². The van der Waals surface area contributed by atoms with E-state index in [2.05, 4.69) is 10.2 Å². The van der Waals surface area contributed by atoms with Crippen LogP contribution in [0, 0.1) is 0 Å². The number of nitrogens with zero attached hydrogens (tertiary/aromatic N) is 1. The number of amides is 1. The Bertz CT molecular complexity index is 566. The van der Waals surface area contributed by atoms with E-state index in [9.17, 15) is 9.59 Å². The molecule has 1 aromatic rings. The molecule has 124 valence electrons. The SMILES string of the molecule is CCCC(=O)Nc1ccc(C(=O)CSC(=S)N2CCCC2)cc1. The maximum Gasteiger partial charge on any atom is 0.224 e. The second kappa shape index (κ2) is 9.03. The lowest BCUT2D eigenvalue weighted by atomic mass is 10.1. The number of hydrogen-bond acceptors (Lipinski definition) is 4. The van der Waals surface area contributed by atoms with Crippen LogP contribution < -0.4 is 5.32 Å². The number of hydrogen-bond donors (Lipinski definition) is 1. The number of carbonyl (C=O) groups is 2. The Kier molecular flexibility index (Phi) is 7.05. The fourth-order valence-corrected chi connectivity index (χ4v) is 3.54. The van der Waals surface area contributed by atoms with Gasteiger partial charge in [0.2, 0.25) is 5.91 Å². The summed E-state index contributed by atoms with van der Waals surface area (Å²) in [6, 6.07) is 7.04. The highest BCUT2D eigenvalue weighted by Crippen LogP contribution is 2.18. The minimum atomic E-state index is -0.00176. The van der Waals surface area contributed by atoms with Crippen LogP contribution in [-0.4, -0.2) is 39.8 Å². The number of thioether (sulfide) groups is 1. The quantitative estimate of drug-likeness (QED) is 0.626. The molecule has 0 bridgehead atoms. The first-order chi connectivity index (χ1) is 11.1. The highest BCUT2D eigenvalue weighted by Gasteiger charge is 2.16. The molecule has 0 spiro atoms. The Morgan fingerprint density at radius 3 is 2.48 bits per heavy atom.